The molecule has 1 aliphatic rings. The van der Waals surface area contributed by atoms with Crippen molar-refractivity contribution in [2.24, 2.45) is 5.92 Å². The van der Waals surface area contributed by atoms with Crippen LogP contribution >= 0.6 is 0 Å². The number of aromatic nitrogens is 6. The Morgan fingerprint density at radius 1 is 1.20 bits per heavy atom. The van der Waals surface area contributed by atoms with Gasteiger partial charge in [0, 0.05) is 17.8 Å². The minimum absolute atomic E-state index is 0.338. The van der Waals surface area contributed by atoms with Crippen molar-refractivity contribution >= 4 is 5.65 Å². The van der Waals surface area contributed by atoms with E-state index < -0.39 is 0 Å². The normalized spacial score (nSPS) is 14.5. The fourth-order valence-electron chi connectivity index (χ4n) is 2.94. The van der Waals surface area contributed by atoms with Gasteiger partial charge in [-0.3, -0.25) is 0 Å². The zero-order valence-corrected chi connectivity index (χ0v) is 13.9. The molecule has 5 rings (SSSR count). The first-order valence-corrected chi connectivity index (χ1v) is 8.28. The smallest absolute Gasteiger partial charge is 0.280 e. The monoisotopic (exact) mass is 336 g/mol. The molecule has 0 aliphatic heterocycles. The maximum atomic E-state index is 5.50. The first-order valence-electron chi connectivity index (χ1n) is 8.28. The topological polar surface area (TPSA) is 95.1 Å². The van der Waals surface area contributed by atoms with Gasteiger partial charge in [0.15, 0.2) is 17.2 Å². The molecule has 4 aromatic heterocycles. The van der Waals surface area contributed by atoms with Gasteiger partial charge in [0.25, 0.3) is 5.89 Å². The van der Waals surface area contributed by atoms with Gasteiger partial charge >= 0.3 is 0 Å². The predicted octanol–water partition coefficient (Wildman–Crippen LogP) is 3.00. The number of rotatable bonds is 4. The Hall–Kier alpha value is -3.03. The van der Waals surface area contributed by atoms with Gasteiger partial charge in [0.1, 0.15) is 6.26 Å². The molecule has 0 N–H and O–H groups in total. The first-order chi connectivity index (χ1) is 12.2. The minimum Gasteiger partial charge on any atom is -0.448 e. The van der Waals surface area contributed by atoms with E-state index in [1.807, 2.05) is 19.9 Å². The molecule has 25 heavy (non-hydrogen) atoms. The summed E-state index contributed by atoms with van der Waals surface area (Å²) in [7, 11) is 0. The summed E-state index contributed by atoms with van der Waals surface area (Å²) in [5.41, 5.74) is 3.91. The second kappa shape index (κ2) is 5.23. The molecule has 1 aliphatic carbocycles. The third-order valence-corrected chi connectivity index (χ3v) is 4.38. The molecule has 0 aromatic carbocycles. The fraction of sp³-hybridized carbons (Fsp3) is 0.353. The lowest BCUT2D eigenvalue weighted by Gasteiger charge is -2.00. The molecule has 1 saturated carbocycles. The molecule has 0 amide bonds. The van der Waals surface area contributed by atoms with Crippen LogP contribution in [0.5, 0.6) is 0 Å². The highest BCUT2D eigenvalue weighted by Gasteiger charge is 2.25. The van der Waals surface area contributed by atoms with Crippen LogP contribution in [0.15, 0.2) is 27.5 Å². The van der Waals surface area contributed by atoms with Gasteiger partial charge in [-0.2, -0.15) is 10.1 Å². The number of fused-ring (bicyclic) bond motifs is 1. The Kier molecular flexibility index (Phi) is 3.00. The van der Waals surface area contributed by atoms with Gasteiger partial charge in [-0.25, -0.2) is 14.5 Å². The van der Waals surface area contributed by atoms with E-state index in [1.54, 1.807) is 17.0 Å². The summed E-state index contributed by atoms with van der Waals surface area (Å²) in [6.45, 7) is 3.93. The van der Waals surface area contributed by atoms with Crippen LogP contribution in [0, 0.1) is 19.8 Å². The SMILES string of the molecule is Cc1cc(C)n2ncc(-c3noc(-c4coc(CC5CC5)n4)n3)c2n1. The Bertz CT molecular complexity index is 1070. The number of hydrogen-bond donors (Lipinski definition) is 0. The van der Waals surface area contributed by atoms with Gasteiger partial charge in [-0.1, -0.05) is 5.16 Å². The molecule has 8 nitrogen and oxygen atoms in total. The average molecular weight is 336 g/mol. The standard InChI is InChI=1S/C17H16N6O2/c1-9-5-10(2)23-16(19-9)12(7-18-23)15-21-17(25-22-15)13-8-24-14(20-13)6-11-3-4-11/h5,7-8,11H,3-4,6H2,1-2H3. The third kappa shape index (κ3) is 2.50. The first kappa shape index (κ1) is 14.3. The van der Waals surface area contributed by atoms with Crippen molar-refractivity contribution < 1.29 is 8.94 Å². The summed E-state index contributed by atoms with van der Waals surface area (Å²) < 4.78 is 12.6. The van der Waals surface area contributed by atoms with Crippen LogP contribution in [0.2, 0.25) is 0 Å². The number of oxazole rings is 1. The summed E-state index contributed by atoms with van der Waals surface area (Å²) in [6, 6.07) is 1.97. The highest BCUT2D eigenvalue weighted by Crippen LogP contribution is 2.33. The second-order valence-electron chi connectivity index (χ2n) is 6.53. The number of hydrogen-bond acceptors (Lipinski definition) is 7. The molecule has 0 bridgehead atoms. The Morgan fingerprint density at radius 3 is 2.92 bits per heavy atom. The van der Waals surface area contributed by atoms with Crippen molar-refractivity contribution in [3.8, 4) is 23.0 Å². The molecule has 8 heteroatoms. The van der Waals surface area contributed by atoms with Gasteiger partial charge in [0.2, 0.25) is 5.82 Å². The van der Waals surface area contributed by atoms with Crippen molar-refractivity contribution in [1.29, 1.82) is 0 Å². The van der Waals surface area contributed by atoms with Crippen molar-refractivity contribution in [3.05, 3.63) is 35.8 Å². The van der Waals surface area contributed by atoms with Crippen LogP contribution in [0.3, 0.4) is 0 Å². The van der Waals surface area contributed by atoms with Crippen LogP contribution in [-0.4, -0.2) is 29.7 Å². The minimum atomic E-state index is 0.338. The molecule has 0 unspecified atom stereocenters. The summed E-state index contributed by atoms with van der Waals surface area (Å²) in [6.07, 6.45) is 6.64. The largest absolute Gasteiger partial charge is 0.448 e. The van der Waals surface area contributed by atoms with Crippen LogP contribution in [0.1, 0.15) is 30.1 Å². The quantitative estimate of drug-likeness (QED) is 0.565. The number of nitrogens with zero attached hydrogens (tertiary/aromatic N) is 6. The van der Waals surface area contributed by atoms with E-state index in [-0.39, 0.29) is 0 Å². The molecule has 0 spiro atoms. The molecule has 126 valence electrons. The molecular formula is C17H16N6O2. The van der Waals surface area contributed by atoms with Gasteiger partial charge < -0.3 is 8.94 Å². The van der Waals surface area contributed by atoms with E-state index in [2.05, 4.69) is 25.2 Å². The highest BCUT2D eigenvalue weighted by molar-refractivity contribution is 5.72. The molecule has 4 aromatic rings. The molecule has 4 heterocycles. The molecule has 1 fully saturated rings. The van der Waals surface area contributed by atoms with Crippen LogP contribution in [-0.2, 0) is 6.42 Å². The molecule has 0 saturated heterocycles. The number of aryl methyl sites for hydroxylation is 2. The van der Waals surface area contributed by atoms with E-state index in [4.69, 9.17) is 8.94 Å². The lowest BCUT2D eigenvalue weighted by molar-refractivity contribution is 0.430. The van der Waals surface area contributed by atoms with E-state index >= 15 is 0 Å². The van der Waals surface area contributed by atoms with E-state index in [9.17, 15) is 0 Å². The zero-order valence-electron chi connectivity index (χ0n) is 13.9. The van der Waals surface area contributed by atoms with Gasteiger partial charge in [0.05, 0.1) is 11.8 Å². The maximum absolute atomic E-state index is 5.50. The highest BCUT2D eigenvalue weighted by atomic mass is 16.5. The summed E-state index contributed by atoms with van der Waals surface area (Å²) in [4.78, 5) is 13.4. The molecule has 0 radical (unpaired) electrons. The van der Waals surface area contributed by atoms with E-state index in [0.717, 1.165) is 29.3 Å². The van der Waals surface area contributed by atoms with Gasteiger partial charge in [-0.15, -0.1) is 0 Å². The molecule has 0 atom stereocenters. The maximum Gasteiger partial charge on any atom is 0.280 e. The Balaban J connectivity index is 1.51. The Morgan fingerprint density at radius 2 is 2.08 bits per heavy atom. The van der Waals surface area contributed by atoms with Crippen molar-refractivity contribution in [1.82, 2.24) is 29.7 Å². The lowest BCUT2D eigenvalue weighted by Crippen LogP contribution is -1.97. The second-order valence-corrected chi connectivity index (χ2v) is 6.53. The third-order valence-electron chi connectivity index (χ3n) is 4.38. The zero-order chi connectivity index (χ0) is 17.0. The summed E-state index contributed by atoms with van der Waals surface area (Å²) in [5.74, 6) is 2.21. The fourth-order valence-corrected chi connectivity index (χ4v) is 2.94. The van der Waals surface area contributed by atoms with Crippen molar-refractivity contribution in [3.63, 3.8) is 0 Å². The Labute approximate surface area is 142 Å². The van der Waals surface area contributed by atoms with Gasteiger partial charge in [-0.05, 0) is 38.7 Å². The van der Waals surface area contributed by atoms with Crippen LogP contribution in [0.4, 0.5) is 0 Å². The van der Waals surface area contributed by atoms with E-state index in [0.29, 0.717) is 29.0 Å². The van der Waals surface area contributed by atoms with Crippen LogP contribution < -0.4 is 0 Å². The van der Waals surface area contributed by atoms with Crippen molar-refractivity contribution in [2.75, 3.05) is 0 Å². The van der Waals surface area contributed by atoms with Crippen LogP contribution in [0.25, 0.3) is 28.6 Å². The molecular weight excluding hydrogens is 320 g/mol. The van der Waals surface area contributed by atoms with E-state index in [1.165, 1.54) is 12.8 Å². The average Bonchev–Trinajstić information content (AvgIpc) is 3.00. The predicted molar refractivity (Wildman–Crippen MR) is 87.7 cm³/mol. The van der Waals surface area contributed by atoms with Crippen molar-refractivity contribution in [2.45, 2.75) is 33.1 Å². The summed E-state index contributed by atoms with van der Waals surface area (Å²) >= 11 is 0. The summed E-state index contributed by atoms with van der Waals surface area (Å²) in [5, 5.41) is 8.43. The lowest BCUT2D eigenvalue weighted by atomic mass is 10.3.